The molecule has 130 valence electrons. The van der Waals surface area contributed by atoms with E-state index < -0.39 is 0 Å². The number of nitrogens with zero attached hydrogens (tertiary/aromatic N) is 3. The van der Waals surface area contributed by atoms with Crippen molar-refractivity contribution in [1.29, 1.82) is 0 Å². The van der Waals surface area contributed by atoms with Crippen molar-refractivity contribution in [3.05, 3.63) is 17.5 Å². The normalized spacial score (nSPS) is 16.9. The molecule has 0 spiro atoms. The molecule has 1 aliphatic heterocycles. The van der Waals surface area contributed by atoms with Crippen LogP contribution in [0.1, 0.15) is 26.7 Å². The summed E-state index contributed by atoms with van der Waals surface area (Å²) in [5.41, 5.74) is 0. The molecule has 0 amide bonds. The fourth-order valence-electron chi connectivity index (χ4n) is 2.95. The van der Waals surface area contributed by atoms with Gasteiger partial charge < -0.3 is 20.4 Å². The zero-order chi connectivity index (χ0) is 16.5. The van der Waals surface area contributed by atoms with Gasteiger partial charge in [-0.2, -0.15) is 0 Å². The first-order valence-electron chi connectivity index (χ1n) is 8.74. The molecular weight excluding hydrogens is 306 g/mol. The second-order valence-electron chi connectivity index (χ2n) is 5.88. The van der Waals surface area contributed by atoms with Crippen LogP contribution in [0.2, 0.25) is 0 Å². The van der Waals surface area contributed by atoms with E-state index in [1.807, 2.05) is 18.4 Å². The maximum Gasteiger partial charge on any atom is 0.191 e. The highest BCUT2D eigenvalue weighted by molar-refractivity contribution is 7.14. The van der Waals surface area contributed by atoms with E-state index in [4.69, 9.17) is 0 Å². The van der Waals surface area contributed by atoms with E-state index in [2.05, 4.69) is 56.8 Å². The number of anilines is 1. The third-order valence-electron chi connectivity index (χ3n) is 4.49. The summed E-state index contributed by atoms with van der Waals surface area (Å²) in [5, 5.41) is 10.6. The second-order valence-corrected chi connectivity index (χ2v) is 6.81. The number of likely N-dealkylation sites (N-methyl/N-ethyl adjacent to an activating group) is 1. The van der Waals surface area contributed by atoms with Gasteiger partial charge in [0.25, 0.3) is 0 Å². The van der Waals surface area contributed by atoms with Crippen molar-refractivity contribution in [2.45, 2.75) is 32.7 Å². The highest BCUT2D eigenvalue weighted by Crippen LogP contribution is 2.24. The molecule has 0 saturated carbocycles. The molecule has 1 saturated heterocycles. The molecule has 0 aromatic carbocycles. The Bertz CT molecular complexity index is 448. The fourth-order valence-corrected chi connectivity index (χ4v) is 3.74. The molecule has 1 aliphatic rings. The largest absolute Gasteiger partial charge is 0.363 e. The van der Waals surface area contributed by atoms with Crippen LogP contribution in [0.25, 0.3) is 0 Å². The lowest BCUT2D eigenvalue weighted by molar-refractivity contribution is 0.308. The van der Waals surface area contributed by atoms with Crippen molar-refractivity contribution in [3.8, 4) is 0 Å². The molecule has 6 heteroatoms. The highest BCUT2D eigenvalue weighted by Gasteiger charge is 2.20. The summed E-state index contributed by atoms with van der Waals surface area (Å²) in [5.74, 6) is 0.937. The molecule has 0 atom stereocenters. The van der Waals surface area contributed by atoms with Crippen LogP contribution < -0.4 is 15.5 Å². The van der Waals surface area contributed by atoms with Crippen LogP contribution in [0.3, 0.4) is 0 Å². The standard InChI is InChI=1S/C17H31N5S/c1-4-21(5-2)13-10-19-17(18-3)20-15-8-11-22(12-9-15)16-7-6-14-23-16/h6-7,14-15H,4-5,8-13H2,1-3H3,(H2,18,19,20). The van der Waals surface area contributed by atoms with E-state index in [1.54, 1.807) is 0 Å². The van der Waals surface area contributed by atoms with E-state index in [-0.39, 0.29) is 0 Å². The van der Waals surface area contributed by atoms with Gasteiger partial charge in [-0.3, -0.25) is 4.99 Å². The smallest absolute Gasteiger partial charge is 0.191 e. The van der Waals surface area contributed by atoms with Gasteiger partial charge in [-0.1, -0.05) is 13.8 Å². The first-order valence-corrected chi connectivity index (χ1v) is 9.62. The number of rotatable bonds is 7. The van der Waals surface area contributed by atoms with Gasteiger partial charge in [0.2, 0.25) is 0 Å². The van der Waals surface area contributed by atoms with Gasteiger partial charge in [-0.05, 0) is 43.4 Å². The van der Waals surface area contributed by atoms with E-state index in [9.17, 15) is 0 Å². The molecule has 0 radical (unpaired) electrons. The van der Waals surface area contributed by atoms with E-state index in [0.717, 1.165) is 58.1 Å². The second kappa shape index (κ2) is 9.78. The van der Waals surface area contributed by atoms with Crippen molar-refractivity contribution in [1.82, 2.24) is 15.5 Å². The molecular formula is C17H31N5S. The molecule has 1 aromatic heterocycles. The highest BCUT2D eigenvalue weighted by atomic mass is 32.1. The maximum absolute atomic E-state index is 4.36. The minimum absolute atomic E-state index is 0.519. The molecule has 2 N–H and O–H groups in total. The Morgan fingerprint density at radius 3 is 2.65 bits per heavy atom. The predicted octanol–water partition coefficient (Wildman–Crippen LogP) is 2.22. The summed E-state index contributed by atoms with van der Waals surface area (Å²) in [6.07, 6.45) is 2.32. The minimum atomic E-state index is 0.519. The van der Waals surface area contributed by atoms with Crippen molar-refractivity contribution in [2.24, 2.45) is 4.99 Å². The number of hydrogen-bond donors (Lipinski definition) is 2. The zero-order valence-electron chi connectivity index (χ0n) is 14.7. The summed E-state index contributed by atoms with van der Waals surface area (Å²) in [6, 6.07) is 4.86. The summed E-state index contributed by atoms with van der Waals surface area (Å²) in [6.45, 7) is 10.9. The Morgan fingerprint density at radius 1 is 1.35 bits per heavy atom. The van der Waals surface area contributed by atoms with Crippen molar-refractivity contribution >= 4 is 22.3 Å². The van der Waals surface area contributed by atoms with Gasteiger partial charge in [-0.25, -0.2) is 0 Å². The summed E-state index contributed by atoms with van der Waals surface area (Å²) < 4.78 is 0. The average Bonchev–Trinajstić information content (AvgIpc) is 3.13. The first-order chi connectivity index (χ1) is 11.3. The van der Waals surface area contributed by atoms with E-state index in [1.165, 1.54) is 5.00 Å². The number of hydrogen-bond acceptors (Lipinski definition) is 4. The predicted molar refractivity (Wildman–Crippen MR) is 102 cm³/mol. The van der Waals surface area contributed by atoms with Gasteiger partial charge in [0.15, 0.2) is 5.96 Å². The summed E-state index contributed by atoms with van der Waals surface area (Å²) in [4.78, 5) is 9.27. The SMILES string of the molecule is CCN(CC)CCNC(=NC)NC1CCN(c2cccs2)CC1. The molecule has 0 bridgehead atoms. The quantitative estimate of drug-likeness (QED) is 0.591. The maximum atomic E-state index is 4.36. The third kappa shape index (κ3) is 5.70. The van der Waals surface area contributed by atoms with Gasteiger partial charge >= 0.3 is 0 Å². The van der Waals surface area contributed by atoms with Crippen molar-refractivity contribution < 1.29 is 0 Å². The van der Waals surface area contributed by atoms with E-state index >= 15 is 0 Å². The molecule has 1 aromatic rings. The van der Waals surface area contributed by atoms with Crippen molar-refractivity contribution in [3.63, 3.8) is 0 Å². The Morgan fingerprint density at radius 2 is 2.09 bits per heavy atom. The Balaban J connectivity index is 1.69. The van der Waals surface area contributed by atoms with Crippen LogP contribution in [0.15, 0.2) is 22.5 Å². The topological polar surface area (TPSA) is 42.9 Å². The number of guanidine groups is 1. The van der Waals surface area contributed by atoms with Gasteiger partial charge in [-0.15, -0.1) is 11.3 Å². The third-order valence-corrected chi connectivity index (χ3v) is 5.42. The van der Waals surface area contributed by atoms with Gasteiger partial charge in [0.1, 0.15) is 0 Å². The van der Waals surface area contributed by atoms with Crippen LogP contribution in [0, 0.1) is 0 Å². The molecule has 23 heavy (non-hydrogen) atoms. The fraction of sp³-hybridized carbons (Fsp3) is 0.706. The Labute approximate surface area is 144 Å². The number of thiophene rings is 1. The summed E-state index contributed by atoms with van der Waals surface area (Å²) >= 11 is 1.83. The van der Waals surface area contributed by atoms with Crippen LogP contribution in [-0.4, -0.2) is 63.2 Å². The van der Waals surface area contributed by atoms with Gasteiger partial charge in [0.05, 0.1) is 5.00 Å². The number of aliphatic imine (C=N–C) groups is 1. The Hall–Kier alpha value is -1.27. The molecule has 2 rings (SSSR count). The number of nitrogens with one attached hydrogen (secondary N) is 2. The molecule has 0 unspecified atom stereocenters. The lowest BCUT2D eigenvalue weighted by atomic mass is 10.1. The van der Waals surface area contributed by atoms with E-state index in [0.29, 0.717) is 6.04 Å². The van der Waals surface area contributed by atoms with Crippen LogP contribution in [0.4, 0.5) is 5.00 Å². The molecule has 0 aliphatic carbocycles. The monoisotopic (exact) mass is 337 g/mol. The van der Waals surface area contributed by atoms with Crippen LogP contribution >= 0.6 is 11.3 Å². The minimum Gasteiger partial charge on any atom is -0.363 e. The number of piperidine rings is 1. The molecule has 5 nitrogen and oxygen atoms in total. The molecule has 1 fully saturated rings. The molecule has 2 heterocycles. The lowest BCUT2D eigenvalue weighted by Gasteiger charge is -2.33. The average molecular weight is 338 g/mol. The lowest BCUT2D eigenvalue weighted by Crippen LogP contribution is -2.49. The zero-order valence-corrected chi connectivity index (χ0v) is 15.5. The van der Waals surface area contributed by atoms with Crippen LogP contribution in [-0.2, 0) is 0 Å². The van der Waals surface area contributed by atoms with Crippen molar-refractivity contribution in [2.75, 3.05) is 51.2 Å². The van der Waals surface area contributed by atoms with Gasteiger partial charge in [0, 0.05) is 39.3 Å². The summed E-state index contributed by atoms with van der Waals surface area (Å²) in [7, 11) is 1.85. The first kappa shape index (κ1) is 18.1. The Kier molecular flexibility index (Phi) is 7.68. The van der Waals surface area contributed by atoms with Crippen LogP contribution in [0.5, 0.6) is 0 Å².